The first-order chi connectivity index (χ1) is 21.9. The fourth-order valence-corrected chi connectivity index (χ4v) is 5.89. The highest BCUT2D eigenvalue weighted by molar-refractivity contribution is 6.30. The van der Waals surface area contributed by atoms with Crippen LogP contribution in [0.3, 0.4) is 0 Å². The molecular weight excluding hydrogens is 629 g/mol. The summed E-state index contributed by atoms with van der Waals surface area (Å²) in [5.41, 5.74) is 1.38. The van der Waals surface area contributed by atoms with Gasteiger partial charge in [-0.25, -0.2) is 9.59 Å². The molecule has 0 saturated carbocycles. The van der Waals surface area contributed by atoms with Crippen LogP contribution >= 0.6 is 23.2 Å². The molecule has 2 heterocycles. The minimum Gasteiger partial charge on any atom is -0.497 e. The smallest absolute Gasteiger partial charge is 0.407 e. The molecule has 3 aromatic carbocycles. The molecule has 0 aromatic heterocycles. The Labute approximate surface area is 280 Å². The molecule has 0 radical (unpaired) electrons. The third-order valence-electron chi connectivity index (χ3n) is 7.79. The van der Waals surface area contributed by atoms with E-state index < -0.39 is 17.7 Å². The van der Waals surface area contributed by atoms with E-state index in [4.69, 9.17) is 37.7 Å². The van der Waals surface area contributed by atoms with Crippen molar-refractivity contribution < 1.29 is 24.2 Å². The first kappa shape index (κ1) is 34.9. The first-order valence-electron chi connectivity index (χ1n) is 15.0. The average Bonchev–Trinajstić information content (AvgIpc) is 3.35. The van der Waals surface area contributed by atoms with Gasteiger partial charge >= 0.3 is 12.1 Å². The average molecular weight is 671 g/mol. The number of hydrogen-bond acceptors (Lipinski definition) is 6. The maximum absolute atomic E-state index is 14.6. The number of carbonyl (C=O) groups is 2. The van der Waals surface area contributed by atoms with E-state index in [2.05, 4.69) is 5.32 Å². The van der Waals surface area contributed by atoms with Crippen LogP contribution in [0, 0.1) is 0 Å². The number of carbonyl (C=O) groups excluding carboxylic acids is 1. The summed E-state index contributed by atoms with van der Waals surface area (Å²) in [6.07, 6.45) is -1.16. The number of piperazine rings is 1. The molecule has 0 bridgehead atoms. The fourth-order valence-electron chi connectivity index (χ4n) is 5.64. The van der Waals surface area contributed by atoms with Crippen molar-refractivity contribution >= 4 is 41.2 Å². The van der Waals surface area contributed by atoms with E-state index in [1.807, 2.05) is 83.4 Å². The Bertz CT molecular complexity index is 1540. The van der Waals surface area contributed by atoms with Crippen molar-refractivity contribution in [3.8, 4) is 11.5 Å². The van der Waals surface area contributed by atoms with E-state index in [0.29, 0.717) is 32.9 Å². The number of hydrogen-bond donors (Lipinski definition) is 2. The Morgan fingerprint density at radius 2 is 1.48 bits per heavy atom. The summed E-state index contributed by atoms with van der Waals surface area (Å²) in [6.45, 7) is 6.78. The zero-order valence-corrected chi connectivity index (χ0v) is 28.5. The van der Waals surface area contributed by atoms with Gasteiger partial charge in [0.25, 0.3) is 0 Å². The lowest BCUT2D eigenvalue weighted by Gasteiger charge is -2.40. The number of urea groups is 1. The second-order valence-electron chi connectivity index (χ2n) is 11.5. The second kappa shape index (κ2) is 15.1. The number of carboxylic acid groups (broad SMARTS) is 1. The molecule has 0 aliphatic carbocycles. The van der Waals surface area contributed by atoms with Crippen LogP contribution in [0.5, 0.6) is 11.5 Å². The van der Waals surface area contributed by atoms with Gasteiger partial charge in [0.2, 0.25) is 0 Å². The Hall–Kier alpha value is -3.99. The number of nitrogens with one attached hydrogen (secondary N) is 1. The SMILES string of the molecule is CNC.COc1ccc(C2=NC(C)(c3ccc(Cl)cc3)C(c3ccc(Cl)cc3)N2C(=O)N2CCN(C(=O)O)CC2)c(OC(C)C)c1. The predicted octanol–water partition coefficient (Wildman–Crippen LogP) is 6.76. The van der Waals surface area contributed by atoms with Crippen molar-refractivity contribution in [1.82, 2.24) is 20.0 Å². The number of halogens is 2. The van der Waals surface area contributed by atoms with E-state index >= 15 is 0 Å². The minimum absolute atomic E-state index is 0.157. The van der Waals surface area contributed by atoms with Gasteiger partial charge in [0.15, 0.2) is 0 Å². The van der Waals surface area contributed by atoms with Crippen molar-refractivity contribution in [2.45, 2.75) is 38.5 Å². The van der Waals surface area contributed by atoms with Crippen molar-refractivity contribution in [3.05, 3.63) is 93.5 Å². The van der Waals surface area contributed by atoms with E-state index in [0.717, 1.165) is 11.1 Å². The molecule has 2 unspecified atom stereocenters. The van der Waals surface area contributed by atoms with Gasteiger partial charge in [-0.3, -0.25) is 9.89 Å². The molecule has 2 aliphatic heterocycles. The molecule has 0 spiro atoms. The zero-order valence-electron chi connectivity index (χ0n) is 27.0. The van der Waals surface area contributed by atoms with E-state index in [1.54, 1.807) is 35.1 Å². The molecule has 46 heavy (non-hydrogen) atoms. The van der Waals surface area contributed by atoms with Crippen molar-refractivity contribution in [2.24, 2.45) is 4.99 Å². The van der Waals surface area contributed by atoms with Gasteiger partial charge < -0.3 is 29.7 Å². The molecule has 1 saturated heterocycles. The van der Waals surface area contributed by atoms with Crippen LogP contribution in [0.15, 0.2) is 71.7 Å². The van der Waals surface area contributed by atoms with Crippen LogP contribution in [0.4, 0.5) is 9.59 Å². The summed E-state index contributed by atoms with van der Waals surface area (Å²) in [5, 5.41) is 13.4. The van der Waals surface area contributed by atoms with Gasteiger partial charge in [-0.05, 0) is 82.4 Å². The second-order valence-corrected chi connectivity index (χ2v) is 12.4. The maximum Gasteiger partial charge on any atom is 0.407 e. The molecule has 5 rings (SSSR count). The Kier molecular flexibility index (Phi) is 11.4. The first-order valence-corrected chi connectivity index (χ1v) is 15.8. The molecular formula is C34H41Cl2N5O5. The summed E-state index contributed by atoms with van der Waals surface area (Å²) in [5.74, 6) is 1.56. The van der Waals surface area contributed by atoms with Crippen LogP contribution in [0.25, 0.3) is 0 Å². The summed E-state index contributed by atoms with van der Waals surface area (Å²) < 4.78 is 11.7. The number of aliphatic imine (C=N–C) groups is 1. The number of nitrogens with zero attached hydrogens (tertiary/aromatic N) is 4. The van der Waals surface area contributed by atoms with Crippen LogP contribution in [-0.2, 0) is 5.54 Å². The Morgan fingerprint density at radius 3 is 2.00 bits per heavy atom. The molecule has 3 amide bonds. The summed E-state index contributed by atoms with van der Waals surface area (Å²) in [4.78, 5) is 36.2. The highest BCUT2D eigenvalue weighted by atomic mass is 35.5. The third-order valence-corrected chi connectivity index (χ3v) is 8.29. The van der Waals surface area contributed by atoms with Crippen LogP contribution < -0.4 is 14.8 Å². The summed E-state index contributed by atoms with van der Waals surface area (Å²) in [6, 6.07) is 19.5. The van der Waals surface area contributed by atoms with Gasteiger partial charge in [0.1, 0.15) is 22.9 Å². The van der Waals surface area contributed by atoms with Gasteiger partial charge in [0.05, 0.1) is 24.8 Å². The van der Waals surface area contributed by atoms with Gasteiger partial charge in [-0.2, -0.15) is 0 Å². The van der Waals surface area contributed by atoms with E-state index in [1.165, 1.54) is 4.90 Å². The summed E-state index contributed by atoms with van der Waals surface area (Å²) in [7, 11) is 5.34. The van der Waals surface area contributed by atoms with Gasteiger partial charge in [0, 0.05) is 42.3 Å². The number of rotatable bonds is 6. The van der Waals surface area contributed by atoms with Crippen molar-refractivity contribution in [1.29, 1.82) is 0 Å². The normalized spacial score (nSPS) is 19.4. The number of benzene rings is 3. The van der Waals surface area contributed by atoms with Crippen LogP contribution in [-0.4, -0.2) is 91.3 Å². The lowest BCUT2D eigenvalue weighted by atomic mass is 9.81. The Morgan fingerprint density at radius 1 is 0.935 bits per heavy atom. The molecule has 2 aliphatic rings. The standard InChI is InChI=1S/C32H34Cl2N4O5.C2H7N/c1-20(2)43-27-19-25(42-4)13-14-26(27)29-35-32(3,22-7-11-24(34)12-8-22)28(21-5-9-23(33)10-6-21)38(29)30(39)36-15-17-37(18-16-36)31(40)41;1-3-2/h5-14,19-20,28H,15-18H2,1-4H3,(H,40,41);3H,1-2H3. The maximum atomic E-state index is 14.6. The van der Waals surface area contributed by atoms with Crippen LogP contribution in [0.2, 0.25) is 10.0 Å². The number of ether oxygens (including phenoxy) is 2. The Balaban J connectivity index is 0.00000154. The predicted molar refractivity (Wildman–Crippen MR) is 182 cm³/mol. The quantitative estimate of drug-likeness (QED) is 0.300. The van der Waals surface area contributed by atoms with E-state index in [9.17, 15) is 14.7 Å². The van der Waals surface area contributed by atoms with Crippen molar-refractivity contribution in [2.75, 3.05) is 47.4 Å². The highest BCUT2D eigenvalue weighted by Crippen LogP contribution is 2.50. The topological polar surface area (TPSA) is 107 Å². The lowest BCUT2D eigenvalue weighted by Crippen LogP contribution is -2.55. The van der Waals surface area contributed by atoms with Crippen molar-refractivity contribution in [3.63, 3.8) is 0 Å². The zero-order chi connectivity index (χ0) is 33.6. The van der Waals surface area contributed by atoms with Gasteiger partial charge in [-0.1, -0.05) is 47.5 Å². The molecule has 3 aromatic rings. The summed E-state index contributed by atoms with van der Waals surface area (Å²) >= 11 is 12.6. The van der Waals surface area contributed by atoms with Gasteiger partial charge in [-0.15, -0.1) is 0 Å². The monoisotopic (exact) mass is 669 g/mol. The lowest BCUT2D eigenvalue weighted by molar-refractivity contribution is 0.100. The highest BCUT2D eigenvalue weighted by Gasteiger charge is 2.52. The fraction of sp³-hybridized carbons (Fsp3) is 0.382. The molecule has 246 valence electrons. The number of amides is 3. The molecule has 1 fully saturated rings. The van der Waals surface area contributed by atoms with Crippen LogP contribution in [0.1, 0.15) is 43.5 Å². The molecule has 10 nitrogen and oxygen atoms in total. The number of amidine groups is 1. The molecule has 2 N–H and O–H groups in total. The largest absolute Gasteiger partial charge is 0.497 e. The molecule has 12 heteroatoms. The molecule has 2 atom stereocenters. The third kappa shape index (κ3) is 7.52. The minimum atomic E-state index is -1.00. The number of methoxy groups -OCH3 is 1. The van der Waals surface area contributed by atoms with E-state index in [-0.39, 0.29) is 38.3 Å².